The SMILES string of the molecule is CCCOc1cc(/C=N\N=C2/C(=O)N(C)c3ccccc32)ccc1OC. The van der Waals surface area contributed by atoms with Crippen LogP contribution in [0.5, 0.6) is 11.5 Å². The summed E-state index contributed by atoms with van der Waals surface area (Å²) in [6, 6.07) is 13.1. The second-order valence-electron chi connectivity index (χ2n) is 5.83. The summed E-state index contributed by atoms with van der Waals surface area (Å²) in [4.78, 5) is 13.9. The van der Waals surface area contributed by atoms with E-state index in [1.807, 2.05) is 49.4 Å². The Labute approximate surface area is 152 Å². The minimum Gasteiger partial charge on any atom is -0.493 e. The van der Waals surface area contributed by atoms with Gasteiger partial charge in [0.1, 0.15) is 0 Å². The number of benzene rings is 2. The molecule has 1 aliphatic rings. The molecular formula is C20H21N3O3. The van der Waals surface area contributed by atoms with Crippen LogP contribution in [0.15, 0.2) is 52.7 Å². The van der Waals surface area contributed by atoms with Gasteiger partial charge in [-0.15, -0.1) is 5.10 Å². The van der Waals surface area contributed by atoms with E-state index in [9.17, 15) is 4.79 Å². The zero-order chi connectivity index (χ0) is 18.5. The van der Waals surface area contributed by atoms with Crippen LogP contribution >= 0.6 is 0 Å². The number of fused-ring (bicyclic) bond motifs is 1. The topological polar surface area (TPSA) is 63.5 Å². The van der Waals surface area contributed by atoms with Crippen LogP contribution in [0.3, 0.4) is 0 Å². The number of carbonyl (C=O) groups excluding carboxylic acids is 1. The van der Waals surface area contributed by atoms with Gasteiger partial charge in [-0.3, -0.25) is 4.79 Å². The summed E-state index contributed by atoms with van der Waals surface area (Å²) >= 11 is 0. The number of amides is 1. The van der Waals surface area contributed by atoms with E-state index in [4.69, 9.17) is 9.47 Å². The number of nitrogens with zero attached hydrogens (tertiary/aromatic N) is 3. The van der Waals surface area contributed by atoms with Crippen LogP contribution in [0.1, 0.15) is 24.5 Å². The molecular weight excluding hydrogens is 330 g/mol. The Morgan fingerprint density at radius 1 is 1.15 bits per heavy atom. The smallest absolute Gasteiger partial charge is 0.279 e. The van der Waals surface area contributed by atoms with Gasteiger partial charge in [0, 0.05) is 12.6 Å². The number of likely N-dealkylation sites (N-methyl/N-ethyl adjacent to an activating group) is 1. The summed E-state index contributed by atoms with van der Waals surface area (Å²) in [5.41, 5.74) is 2.79. The van der Waals surface area contributed by atoms with E-state index >= 15 is 0 Å². The zero-order valence-corrected chi connectivity index (χ0v) is 15.1. The number of hydrogen-bond acceptors (Lipinski definition) is 5. The first kappa shape index (κ1) is 17.7. The maximum absolute atomic E-state index is 12.3. The number of ether oxygens (including phenoxy) is 2. The average molecular weight is 351 g/mol. The van der Waals surface area contributed by atoms with E-state index < -0.39 is 0 Å². The van der Waals surface area contributed by atoms with Crippen molar-refractivity contribution in [3.8, 4) is 11.5 Å². The molecule has 6 heteroatoms. The Morgan fingerprint density at radius 3 is 2.73 bits per heavy atom. The van der Waals surface area contributed by atoms with Crippen molar-refractivity contribution in [2.24, 2.45) is 10.2 Å². The predicted octanol–water partition coefficient (Wildman–Crippen LogP) is 3.28. The molecule has 0 N–H and O–H groups in total. The van der Waals surface area contributed by atoms with E-state index in [-0.39, 0.29) is 5.91 Å². The highest BCUT2D eigenvalue weighted by molar-refractivity contribution is 6.54. The molecule has 2 aromatic rings. The standard InChI is InChI=1S/C20H21N3O3/c1-4-11-26-18-12-14(9-10-17(18)25-3)13-21-22-19-15-7-5-6-8-16(15)23(2)20(19)24/h5-10,12-13H,4,11H2,1-3H3/b21-13-,22-19-. The third-order valence-electron chi connectivity index (χ3n) is 4.04. The predicted molar refractivity (Wildman–Crippen MR) is 103 cm³/mol. The molecule has 0 aromatic heterocycles. The fourth-order valence-corrected chi connectivity index (χ4v) is 2.70. The second kappa shape index (κ2) is 7.82. The van der Waals surface area contributed by atoms with Gasteiger partial charge in [0.15, 0.2) is 17.2 Å². The van der Waals surface area contributed by atoms with Crippen LogP contribution < -0.4 is 14.4 Å². The fourth-order valence-electron chi connectivity index (χ4n) is 2.70. The molecule has 0 atom stereocenters. The Bertz CT molecular complexity index is 874. The molecule has 6 nitrogen and oxygen atoms in total. The van der Waals surface area contributed by atoms with Gasteiger partial charge in [0.05, 0.1) is 25.6 Å². The maximum Gasteiger partial charge on any atom is 0.279 e. The molecule has 0 bridgehead atoms. The Balaban J connectivity index is 1.84. The molecule has 0 saturated carbocycles. The van der Waals surface area contributed by atoms with Gasteiger partial charge in [-0.25, -0.2) is 0 Å². The van der Waals surface area contributed by atoms with Crippen molar-refractivity contribution >= 4 is 23.5 Å². The molecule has 0 spiro atoms. The number of methoxy groups -OCH3 is 1. The minimum atomic E-state index is -0.162. The third-order valence-corrected chi connectivity index (χ3v) is 4.04. The average Bonchev–Trinajstić information content (AvgIpc) is 2.91. The molecule has 0 unspecified atom stereocenters. The number of hydrogen-bond donors (Lipinski definition) is 0. The number of para-hydroxylation sites is 1. The largest absolute Gasteiger partial charge is 0.493 e. The fraction of sp³-hybridized carbons (Fsp3) is 0.250. The van der Waals surface area contributed by atoms with Gasteiger partial charge < -0.3 is 14.4 Å². The molecule has 3 rings (SSSR count). The first-order valence-corrected chi connectivity index (χ1v) is 8.45. The molecule has 1 aliphatic heterocycles. The number of rotatable bonds is 6. The summed E-state index contributed by atoms with van der Waals surface area (Å²) in [6.45, 7) is 2.65. The molecule has 134 valence electrons. The van der Waals surface area contributed by atoms with Gasteiger partial charge in [-0.1, -0.05) is 25.1 Å². The highest BCUT2D eigenvalue weighted by Crippen LogP contribution is 2.29. The Hall–Kier alpha value is -3.15. The first-order valence-electron chi connectivity index (χ1n) is 8.45. The Morgan fingerprint density at radius 2 is 1.96 bits per heavy atom. The van der Waals surface area contributed by atoms with Gasteiger partial charge in [-0.05, 0) is 36.2 Å². The van der Waals surface area contributed by atoms with Crippen molar-refractivity contribution in [3.05, 3.63) is 53.6 Å². The van der Waals surface area contributed by atoms with E-state index in [1.165, 1.54) is 0 Å². The van der Waals surface area contributed by atoms with Crippen molar-refractivity contribution in [1.82, 2.24) is 0 Å². The van der Waals surface area contributed by atoms with Gasteiger partial charge in [-0.2, -0.15) is 5.10 Å². The highest BCUT2D eigenvalue weighted by Gasteiger charge is 2.30. The highest BCUT2D eigenvalue weighted by atomic mass is 16.5. The molecule has 26 heavy (non-hydrogen) atoms. The van der Waals surface area contributed by atoms with E-state index in [2.05, 4.69) is 10.2 Å². The monoisotopic (exact) mass is 351 g/mol. The maximum atomic E-state index is 12.3. The van der Waals surface area contributed by atoms with Crippen molar-refractivity contribution < 1.29 is 14.3 Å². The summed E-state index contributed by atoms with van der Waals surface area (Å²) in [6.07, 6.45) is 2.50. The lowest BCUT2D eigenvalue weighted by Crippen LogP contribution is -2.25. The van der Waals surface area contributed by atoms with Crippen LogP contribution in [0.2, 0.25) is 0 Å². The van der Waals surface area contributed by atoms with Crippen molar-refractivity contribution in [2.75, 3.05) is 25.7 Å². The molecule has 2 aromatic carbocycles. The Kier molecular flexibility index (Phi) is 5.31. The van der Waals surface area contributed by atoms with E-state index in [0.717, 1.165) is 23.2 Å². The van der Waals surface area contributed by atoms with Crippen molar-refractivity contribution in [3.63, 3.8) is 0 Å². The molecule has 1 amide bonds. The molecule has 0 aliphatic carbocycles. The lowest BCUT2D eigenvalue weighted by atomic mass is 10.1. The molecule has 0 radical (unpaired) electrons. The van der Waals surface area contributed by atoms with E-state index in [0.29, 0.717) is 23.8 Å². The minimum absolute atomic E-state index is 0.162. The van der Waals surface area contributed by atoms with Crippen LogP contribution in [-0.2, 0) is 4.79 Å². The molecule has 0 fully saturated rings. The third kappa shape index (κ3) is 3.44. The van der Waals surface area contributed by atoms with Gasteiger partial charge in [0.2, 0.25) is 0 Å². The lowest BCUT2D eigenvalue weighted by Gasteiger charge is -2.10. The normalized spacial score (nSPS) is 15.0. The van der Waals surface area contributed by atoms with E-state index in [1.54, 1.807) is 25.3 Å². The summed E-state index contributed by atoms with van der Waals surface area (Å²) < 4.78 is 11.0. The molecule has 0 saturated heterocycles. The quantitative estimate of drug-likeness (QED) is 0.593. The van der Waals surface area contributed by atoms with Crippen molar-refractivity contribution in [1.29, 1.82) is 0 Å². The number of anilines is 1. The second-order valence-corrected chi connectivity index (χ2v) is 5.83. The van der Waals surface area contributed by atoms with Crippen LogP contribution in [0, 0.1) is 0 Å². The summed E-state index contributed by atoms with van der Waals surface area (Å²) in [7, 11) is 3.34. The molecule has 1 heterocycles. The van der Waals surface area contributed by atoms with Crippen LogP contribution in [-0.4, -0.2) is 38.6 Å². The van der Waals surface area contributed by atoms with Crippen LogP contribution in [0.25, 0.3) is 0 Å². The first-order chi connectivity index (χ1) is 12.7. The summed E-state index contributed by atoms with van der Waals surface area (Å²) in [5.74, 6) is 1.17. The number of carbonyl (C=O) groups is 1. The van der Waals surface area contributed by atoms with Crippen LogP contribution in [0.4, 0.5) is 5.69 Å². The van der Waals surface area contributed by atoms with Crippen molar-refractivity contribution in [2.45, 2.75) is 13.3 Å². The van der Waals surface area contributed by atoms with Gasteiger partial charge in [0.25, 0.3) is 5.91 Å². The lowest BCUT2D eigenvalue weighted by molar-refractivity contribution is -0.111. The zero-order valence-electron chi connectivity index (χ0n) is 15.1. The van der Waals surface area contributed by atoms with Gasteiger partial charge >= 0.3 is 0 Å². The summed E-state index contributed by atoms with van der Waals surface area (Å²) in [5, 5.41) is 8.25.